The van der Waals surface area contributed by atoms with Crippen LogP contribution in [0.1, 0.15) is 26.3 Å². The van der Waals surface area contributed by atoms with Crippen molar-refractivity contribution in [1.82, 2.24) is 4.90 Å². The van der Waals surface area contributed by atoms with Crippen molar-refractivity contribution < 1.29 is 9.18 Å². The molecule has 140 valence electrons. The number of benzene rings is 2. The van der Waals surface area contributed by atoms with Gasteiger partial charge in [0.25, 0.3) is 0 Å². The predicted molar refractivity (Wildman–Crippen MR) is 106 cm³/mol. The fraction of sp³-hybridized carbons (Fsp3) is 0.381. The van der Waals surface area contributed by atoms with Crippen LogP contribution in [0.15, 0.2) is 48.5 Å². The van der Waals surface area contributed by atoms with Crippen LogP contribution in [0.4, 0.5) is 15.8 Å². The van der Waals surface area contributed by atoms with Gasteiger partial charge in [-0.15, -0.1) is 0 Å². The van der Waals surface area contributed by atoms with Crippen LogP contribution in [0.5, 0.6) is 0 Å². The van der Waals surface area contributed by atoms with Crippen molar-refractivity contribution in [1.29, 1.82) is 0 Å². The zero-order chi connectivity index (χ0) is 19.3. The fourth-order valence-corrected chi connectivity index (χ4v) is 2.74. The molecule has 0 saturated heterocycles. The van der Waals surface area contributed by atoms with Crippen molar-refractivity contribution in [2.24, 2.45) is 0 Å². The van der Waals surface area contributed by atoms with E-state index < -0.39 is 6.04 Å². The van der Waals surface area contributed by atoms with Gasteiger partial charge in [0.1, 0.15) is 11.9 Å². The van der Waals surface area contributed by atoms with Crippen molar-refractivity contribution in [3.63, 3.8) is 0 Å². The maximum atomic E-state index is 14.4. The molecule has 0 bridgehead atoms. The third-order valence-electron chi connectivity index (χ3n) is 4.49. The van der Waals surface area contributed by atoms with E-state index in [-0.39, 0.29) is 17.8 Å². The lowest BCUT2D eigenvalue weighted by Crippen LogP contribution is -2.38. The van der Waals surface area contributed by atoms with Gasteiger partial charge in [0.15, 0.2) is 0 Å². The Balaban J connectivity index is 2.01. The van der Waals surface area contributed by atoms with Gasteiger partial charge < -0.3 is 15.1 Å². The third kappa shape index (κ3) is 4.97. The number of rotatable bonds is 7. The summed E-state index contributed by atoms with van der Waals surface area (Å²) >= 11 is 0. The summed E-state index contributed by atoms with van der Waals surface area (Å²) in [5.74, 6) is -0.346. The van der Waals surface area contributed by atoms with Crippen LogP contribution in [0.2, 0.25) is 0 Å². The standard InChI is InChI=1S/C21H28FN3O/c1-15(2)25(5)20-12-11-18(13-19(20)22)23-16(3)21(26)24(4)14-17-9-7-6-8-10-17/h6-13,15-16,23H,14H2,1-5H3. The Bertz CT molecular complexity index is 733. The number of hydrogen-bond acceptors (Lipinski definition) is 3. The van der Waals surface area contributed by atoms with E-state index in [9.17, 15) is 9.18 Å². The van der Waals surface area contributed by atoms with Gasteiger partial charge in [-0.25, -0.2) is 4.39 Å². The molecule has 2 aromatic carbocycles. The Morgan fingerprint density at radius 1 is 1.08 bits per heavy atom. The smallest absolute Gasteiger partial charge is 0.244 e. The second-order valence-corrected chi connectivity index (χ2v) is 6.92. The second kappa shape index (κ2) is 8.70. The Morgan fingerprint density at radius 3 is 2.31 bits per heavy atom. The van der Waals surface area contributed by atoms with Crippen molar-refractivity contribution in [2.75, 3.05) is 24.3 Å². The molecule has 26 heavy (non-hydrogen) atoms. The van der Waals surface area contributed by atoms with E-state index in [1.54, 1.807) is 31.0 Å². The molecule has 0 radical (unpaired) electrons. The maximum Gasteiger partial charge on any atom is 0.244 e. The van der Waals surface area contributed by atoms with E-state index in [1.165, 1.54) is 6.07 Å². The van der Waals surface area contributed by atoms with Crippen molar-refractivity contribution in [3.05, 3.63) is 59.9 Å². The monoisotopic (exact) mass is 357 g/mol. The average molecular weight is 357 g/mol. The zero-order valence-electron chi connectivity index (χ0n) is 16.2. The molecule has 1 amide bonds. The summed E-state index contributed by atoms with van der Waals surface area (Å²) < 4.78 is 14.4. The molecule has 0 aliphatic carbocycles. The van der Waals surface area contributed by atoms with Crippen molar-refractivity contribution in [3.8, 4) is 0 Å². The lowest BCUT2D eigenvalue weighted by molar-refractivity contribution is -0.130. The molecule has 0 aliphatic heterocycles. The van der Waals surface area contributed by atoms with Gasteiger partial charge in [-0.1, -0.05) is 30.3 Å². The first-order valence-electron chi connectivity index (χ1n) is 8.87. The molecule has 4 nitrogen and oxygen atoms in total. The van der Waals surface area contributed by atoms with Crippen LogP contribution in [0, 0.1) is 5.82 Å². The van der Waals surface area contributed by atoms with Gasteiger partial charge >= 0.3 is 0 Å². The Kier molecular flexibility index (Phi) is 6.61. The first-order chi connectivity index (χ1) is 12.3. The lowest BCUT2D eigenvalue weighted by atomic mass is 10.2. The second-order valence-electron chi connectivity index (χ2n) is 6.92. The Hall–Kier alpha value is -2.56. The molecule has 2 aromatic rings. The first-order valence-corrected chi connectivity index (χ1v) is 8.87. The highest BCUT2D eigenvalue weighted by molar-refractivity contribution is 5.84. The quantitative estimate of drug-likeness (QED) is 0.809. The summed E-state index contributed by atoms with van der Waals surface area (Å²) in [6.45, 7) is 6.35. The molecule has 0 saturated carbocycles. The van der Waals surface area contributed by atoms with E-state index in [2.05, 4.69) is 5.32 Å². The molecule has 5 heteroatoms. The number of nitrogens with zero attached hydrogens (tertiary/aromatic N) is 2. The summed E-state index contributed by atoms with van der Waals surface area (Å²) in [7, 11) is 3.63. The summed E-state index contributed by atoms with van der Waals surface area (Å²) in [5.41, 5.74) is 2.21. The van der Waals surface area contributed by atoms with Gasteiger partial charge in [-0.3, -0.25) is 4.79 Å². The number of hydrogen-bond donors (Lipinski definition) is 1. The van der Waals surface area contributed by atoms with E-state index in [4.69, 9.17) is 0 Å². The largest absolute Gasteiger partial charge is 0.374 e. The SMILES string of the molecule is CC(Nc1ccc(N(C)C(C)C)c(F)c1)C(=O)N(C)Cc1ccccc1. The van der Waals surface area contributed by atoms with Crippen LogP contribution in [-0.4, -0.2) is 37.0 Å². The highest BCUT2D eigenvalue weighted by Crippen LogP contribution is 2.24. The van der Waals surface area contributed by atoms with E-state index in [1.807, 2.05) is 56.1 Å². The Labute approximate surface area is 155 Å². The summed E-state index contributed by atoms with van der Waals surface area (Å²) in [6.07, 6.45) is 0. The molecule has 0 aliphatic rings. The first kappa shape index (κ1) is 19.8. The van der Waals surface area contributed by atoms with Crippen molar-refractivity contribution in [2.45, 2.75) is 39.4 Å². The molecule has 1 atom stereocenters. The molecule has 1 unspecified atom stereocenters. The minimum atomic E-state index is -0.447. The normalized spacial score (nSPS) is 12.0. The molecule has 1 N–H and O–H groups in total. The minimum absolute atomic E-state index is 0.0439. The van der Waals surface area contributed by atoms with Gasteiger partial charge in [-0.2, -0.15) is 0 Å². The molecule has 0 aromatic heterocycles. The number of carbonyl (C=O) groups is 1. The van der Waals surface area contributed by atoms with Crippen LogP contribution < -0.4 is 10.2 Å². The van der Waals surface area contributed by atoms with Gasteiger partial charge in [0, 0.05) is 32.4 Å². The number of nitrogens with one attached hydrogen (secondary N) is 1. The molecule has 2 rings (SSSR count). The summed E-state index contributed by atoms with van der Waals surface area (Å²) in [4.78, 5) is 16.1. The zero-order valence-corrected chi connectivity index (χ0v) is 16.2. The number of halogens is 1. The molecule has 0 heterocycles. The van der Waals surface area contributed by atoms with E-state index in [0.29, 0.717) is 17.9 Å². The predicted octanol–water partition coefficient (Wildman–Crippen LogP) is 4.13. The van der Waals surface area contributed by atoms with E-state index >= 15 is 0 Å². The van der Waals surface area contributed by atoms with E-state index in [0.717, 1.165) is 5.56 Å². The topological polar surface area (TPSA) is 35.6 Å². The molecule has 0 spiro atoms. The van der Waals surface area contributed by atoms with Crippen LogP contribution in [-0.2, 0) is 11.3 Å². The number of likely N-dealkylation sites (N-methyl/N-ethyl adjacent to an activating group) is 1. The fourth-order valence-electron chi connectivity index (χ4n) is 2.74. The highest BCUT2D eigenvalue weighted by atomic mass is 19.1. The van der Waals surface area contributed by atoms with Crippen LogP contribution >= 0.6 is 0 Å². The molecular weight excluding hydrogens is 329 g/mol. The highest BCUT2D eigenvalue weighted by Gasteiger charge is 2.18. The van der Waals surface area contributed by atoms with Crippen molar-refractivity contribution >= 4 is 17.3 Å². The van der Waals surface area contributed by atoms with Gasteiger partial charge in [-0.05, 0) is 44.5 Å². The van der Waals surface area contributed by atoms with Gasteiger partial charge in [0.2, 0.25) is 5.91 Å². The maximum absolute atomic E-state index is 14.4. The number of amides is 1. The minimum Gasteiger partial charge on any atom is -0.374 e. The van der Waals surface area contributed by atoms with Crippen LogP contribution in [0.25, 0.3) is 0 Å². The summed E-state index contributed by atoms with van der Waals surface area (Å²) in [5, 5.41) is 3.09. The number of carbonyl (C=O) groups excluding carboxylic acids is 1. The Morgan fingerprint density at radius 2 is 1.73 bits per heavy atom. The third-order valence-corrected chi connectivity index (χ3v) is 4.49. The average Bonchev–Trinajstić information content (AvgIpc) is 2.61. The van der Waals surface area contributed by atoms with Gasteiger partial charge in [0.05, 0.1) is 5.69 Å². The van der Waals surface area contributed by atoms with Crippen LogP contribution in [0.3, 0.4) is 0 Å². The number of anilines is 2. The molecule has 0 fully saturated rings. The summed E-state index contributed by atoms with van der Waals surface area (Å²) in [6, 6.07) is 14.6. The molecular formula is C21H28FN3O. The lowest BCUT2D eigenvalue weighted by Gasteiger charge is -2.25.